The van der Waals surface area contributed by atoms with Crippen molar-refractivity contribution >= 4 is 0 Å². The predicted octanol–water partition coefficient (Wildman–Crippen LogP) is 3.84. The number of hydrogen-bond donors (Lipinski definition) is 0. The quantitative estimate of drug-likeness (QED) is 0.763. The van der Waals surface area contributed by atoms with E-state index in [1.54, 1.807) is 24.3 Å². The van der Waals surface area contributed by atoms with Crippen molar-refractivity contribution in [1.82, 2.24) is 0 Å². The van der Waals surface area contributed by atoms with Crippen LogP contribution >= 0.6 is 0 Å². The van der Waals surface area contributed by atoms with E-state index >= 15 is 0 Å². The van der Waals surface area contributed by atoms with E-state index in [-0.39, 0.29) is 5.92 Å². The summed E-state index contributed by atoms with van der Waals surface area (Å²) in [6, 6.07) is 7.08. The molecule has 0 spiro atoms. The fourth-order valence-corrected chi connectivity index (χ4v) is 1.84. The van der Waals surface area contributed by atoms with Crippen molar-refractivity contribution in [3.05, 3.63) is 53.6 Å². The highest BCUT2D eigenvalue weighted by Gasteiger charge is 2.34. The molecule has 1 nitrogen and oxygen atoms in total. The number of benzene rings is 1. The molecule has 1 unspecified atom stereocenters. The minimum Gasteiger partial charge on any atom is -0.496 e. The van der Waals surface area contributed by atoms with E-state index in [1.807, 2.05) is 0 Å². The maximum absolute atomic E-state index is 12.5. The highest BCUT2D eigenvalue weighted by molar-refractivity contribution is 5.47. The van der Waals surface area contributed by atoms with Crippen LogP contribution in [0.4, 0.5) is 13.2 Å². The highest BCUT2D eigenvalue weighted by atomic mass is 19.4. The first-order chi connectivity index (χ1) is 8.02. The van der Waals surface area contributed by atoms with Gasteiger partial charge in [-0.25, -0.2) is 0 Å². The van der Waals surface area contributed by atoms with Crippen molar-refractivity contribution in [2.24, 2.45) is 0 Å². The zero-order valence-electron chi connectivity index (χ0n) is 9.16. The molecule has 1 aliphatic rings. The second-order valence-corrected chi connectivity index (χ2v) is 3.75. The van der Waals surface area contributed by atoms with E-state index in [0.29, 0.717) is 5.75 Å². The Hall–Kier alpha value is -1.71. The van der Waals surface area contributed by atoms with Crippen LogP contribution in [0.1, 0.15) is 11.5 Å². The normalized spacial score (nSPS) is 19.3. The van der Waals surface area contributed by atoms with Crippen LogP contribution in [0, 0.1) is 0 Å². The van der Waals surface area contributed by atoms with Crippen molar-refractivity contribution < 1.29 is 17.9 Å². The first kappa shape index (κ1) is 11.8. The number of methoxy groups -OCH3 is 1. The molecule has 1 aromatic rings. The Balaban J connectivity index is 2.33. The maximum atomic E-state index is 12.5. The maximum Gasteiger partial charge on any atom is 0.416 e. The Morgan fingerprint density at radius 2 is 1.88 bits per heavy atom. The fraction of sp³-hybridized carbons (Fsp3) is 0.231. The largest absolute Gasteiger partial charge is 0.496 e. The summed E-state index contributed by atoms with van der Waals surface area (Å²) in [6.07, 6.45) is -0.442. The minimum absolute atomic E-state index is 0.372. The lowest BCUT2D eigenvalue weighted by molar-refractivity contribution is -0.0881. The lowest BCUT2D eigenvalue weighted by Crippen LogP contribution is -2.08. The van der Waals surface area contributed by atoms with Crippen LogP contribution in [0.5, 0.6) is 5.75 Å². The Bertz CT molecular complexity index is 472. The monoisotopic (exact) mass is 240 g/mol. The number of allylic oxidation sites excluding steroid dienone is 4. The summed E-state index contributed by atoms with van der Waals surface area (Å²) in [5.74, 6) is 0.226. The van der Waals surface area contributed by atoms with E-state index in [9.17, 15) is 13.2 Å². The fourth-order valence-electron chi connectivity index (χ4n) is 1.84. The summed E-state index contributed by atoms with van der Waals surface area (Å²) in [6.45, 7) is 0. The molecule has 2 rings (SSSR count). The molecule has 0 saturated heterocycles. The predicted molar refractivity (Wildman–Crippen MR) is 59.0 cm³/mol. The minimum atomic E-state index is -4.28. The number of ether oxygens (including phenoxy) is 1. The lowest BCUT2D eigenvalue weighted by Gasteiger charge is -2.11. The zero-order chi connectivity index (χ0) is 12.5. The van der Waals surface area contributed by atoms with Gasteiger partial charge in [0.15, 0.2) is 0 Å². The third-order valence-electron chi connectivity index (χ3n) is 2.67. The molecule has 0 aromatic heterocycles. The molecular formula is C13H11F3O. The van der Waals surface area contributed by atoms with Crippen LogP contribution in [0.25, 0.3) is 0 Å². The van der Waals surface area contributed by atoms with Gasteiger partial charge in [0.25, 0.3) is 0 Å². The van der Waals surface area contributed by atoms with E-state index in [4.69, 9.17) is 4.74 Å². The number of hydrogen-bond acceptors (Lipinski definition) is 1. The van der Waals surface area contributed by atoms with Gasteiger partial charge < -0.3 is 4.74 Å². The van der Waals surface area contributed by atoms with Gasteiger partial charge in [-0.15, -0.1) is 0 Å². The summed E-state index contributed by atoms with van der Waals surface area (Å²) in [5.41, 5.74) is 0.138. The van der Waals surface area contributed by atoms with Crippen LogP contribution in [0.2, 0.25) is 0 Å². The molecule has 0 saturated carbocycles. The van der Waals surface area contributed by atoms with Gasteiger partial charge in [-0.05, 0) is 6.07 Å². The van der Waals surface area contributed by atoms with Gasteiger partial charge in [0.05, 0.1) is 12.7 Å². The molecule has 0 amide bonds. The zero-order valence-corrected chi connectivity index (χ0v) is 9.16. The van der Waals surface area contributed by atoms with E-state index in [0.717, 1.165) is 11.6 Å². The van der Waals surface area contributed by atoms with Gasteiger partial charge >= 0.3 is 6.18 Å². The van der Waals surface area contributed by atoms with Crippen molar-refractivity contribution in [1.29, 1.82) is 0 Å². The average Bonchev–Trinajstić information content (AvgIpc) is 2.77. The molecular weight excluding hydrogens is 229 g/mol. The number of alkyl halides is 3. The van der Waals surface area contributed by atoms with E-state index in [2.05, 4.69) is 0 Å². The first-order valence-electron chi connectivity index (χ1n) is 5.12. The van der Waals surface area contributed by atoms with Crippen LogP contribution in [0.15, 0.2) is 48.1 Å². The van der Waals surface area contributed by atoms with Crippen molar-refractivity contribution in [2.75, 3.05) is 7.11 Å². The highest BCUT2D eigenvalue weighted by Crippen LogP contribution is 2.38. The third kappa shape index (κ3) is 2.35. The Labute approximate surface area is 97.2 Å². The van der Waals surface area contributed by atoms with E-state index < -0.39 is 11.7 Å². The van der Waals surface area contributed by atoms with Crippen LogP contribution in [0.3, 0.4) is 0 Å². The third-order valence-corrected chi connectivity index (χ3v) is 2.67. The molecule has 1 aliphatic carbocycles. The van der Waals surface area contributed by atoms with Crippen molar-refractivity contribution in [3.63, 3.8) is 0 Å². The van der Waals surface area contributed by atoms with Crippen molar-refractivity contribution in [3.8, 4) is 5.75 Å². The van der Waals surface area contributed by atoms with E-state index in [1.165, 1.54) is 19.3 Å². The molecule has 0 bridgehead atoms. The average molecular weight is 240 g/mol. The molecule has 0 N–H and O–H groups in total. The Morgan fingerprint density at radius 3 is 2.47 bits per heavy atom. The van der Waals surface area contributed by atoms with Crippen LogP contribution in [-0.2, 0) is 0 Å². The summed E-state index contributed by atoms with van der Waals surface area (Å²) in [7, 11) is 1.51. The molecule has 0 fully saturated rings. The van der Waals surface area contributed by atoms with Gasteiger partial charge in [0.1, 0.15) is 5.75 Å². The lowest BCUT2D eigenvalue weighted by atomic mass is 9.99. The second kappa shape index (κ2) is 4.28. The number of rotatable bonds is 2. The topological polar surface area (TPSA) is 9.23 Å². The molecule has 4 heteroatoms. The molecule has 0 radical (unpaired) electrons. The summed E-state index contributed by atoms with van der Waals surface area (Å²) in [5, 5.41) is 0. The Kier molecular flexibility index (Phi) is 2.96. The van der Waals surface area contributed by atoms with Crippen LogP contribution < -0.4 is 4.74 Å². The van der Waals surface area contributed by atoms with Gasteiger partial charge in [-0.2, -0.15) is 13.2 Å². The SMILES string of the molecule is COc1ccccc1C1C=CC(C(F)(F)F)=C1. The smallest absolute Gasteiger partial charge is 0.416 e. The molecule has 0 heterocycles. The first-order valence-corrected chi connectivity index (χ1v) is 5.12. The molecule has 0 aliphatic heterocycles. The summed E-state index contributed by atoms with van der Waals surface area (Å²) in [4.78, 5) is 0. The number of halogens is 3. The molecule has 1 atom stereocenters. The van der Waals surface area contributed by atoms with Crippen molar-refractivity contribution in [2.45, 2.75) is 12.1 Å². The number of para-hydroxylation sites is 1. The van der Waals surface area contributed by atoms with Gasteiger partial charge in [0.2, 0.25) is 0 Å². The standard InChI is InChI=1S/C13H11F3O/c1-17-12-5-3-2-4-11(12)9-6-7-10(8-9)13(14,15)16/h2-9H,1H3. The van der Waals surface area contributed by atoms with Gasteiger partial charge in [-0.3, -0.25) is 0 Å². The molecule has 90 valence electrons. The summed E-state index contributed by atoms with van der Waals surface area (Å²) < 4.78 is 42.6. The van der Waals surface area contributed by atoms with Gasteiger partial charge in [-0.1, -0.05) is 36.4 Å². The Morgan fingerprint density at radius 1 is 1.18 bits per heavy atom. The molecule has 17 heavy (non-hydrogen) atoms. The summed E-state index contributed by atoms with van der Waals surface area (Å²) >= 11 is 0. The molecule has 1 aromatic carbocycles. The van der Waals surface area contributed by atoms with Crippen LogP contribution in [-0.4, -0.2) is 13.3 Å². The second-order valence-electron chi connectivity index (χ2n) is 3.75. The van der Waals surface area contributed by atoms with Gasteiger partial charge in [0, 0.05) is 11.5 Å².